The summed E-state index contributed by atoms with van der Waals surface area (Å²) in [5, 5.41) is 7.87. The van der Waals surface area contributed by atoms with E-state index in [2.05, 4.69) is 31.3 Å². The highest BCUT2D eigenvalue weighted by atomic mass is 79.9. The van der Waals surface area contributed by atoms with Crippen molar-refractivity contribution in [1.29, 1.82) is 0 Å². The fraction of sp³-hybridized carbons (Fsp3) is 0.292. The zero-order chi connectivity index (χ0) is 22.4. The van der Waals surface area contributed by atoms with Gasteiger partial charge in [0.15, 0.2) is 5.65 Å². The van der Waals surface area contributed by atoms with E-state index in [0.29, 0.717) is 12.4 Å². The maximum atomic E-state index is 5.87. The highest BCUT2D eigenvalue weighted by Gasteiger charge is 2.14. The summed E-state index contributed by atoms with van der Waals surface area (Å²) >= 11 is 3.54. The van der Waals surface area contributed by atoms with Gasteiger partial charge in [-0.05, 0) is 42.8 Å². The second-order valence-electron chi connectivity index (χ2n) is 7.66. The molecule has 0 atom stereocenters. The molecular formula is C24H28BrN5O. The van der Waals surface area contributed by atoms with E-state index in [0.717, 1.165) is 32.9 Å². The van der Waals surface area contributed by atoms with Crippen LogP contribution in [0.15, 0.2) is 65.3 Å². The van der Waals surface area contributed by atoms with E-state index in [1.165, 1.54) is 0 Å². The van der Waals surface area contributed by atoms with Crippen molar-refractivity contribution in [3.8, 4) is 17.1 Å². The Balaban J connectivity index is 0.00000132. The molecule has 0 radical (unpaired) electrons. The highest BCUT2D eigenvalue weighted by molar-refractivity contribution is 9.10. The molecule has 4 rings (SSSR count). The van der Waals surface area contributed by atoms with Crippen LogP contribution in [0.1, 0.15) is 40.3 Å². The van der Waals surface area contributed by atoms with Gasteiger partial charge in [0, 0.05) is 17.7 Å². The van der Waals surface area contributed by atoms with Crippen LogP contribution in [0.5, 0.6) is 5.88 Å². The van der Waals surface area contributed by atoms with Crippen LogP contribution in [-0.4, -0.2) is 25.2 Å². The zero-order valence-electron chi connectivity index (χ0n) is 18.6. The van der Waals surface area contributed by atoms with Gasteiger partial charge in [0.2, 0.25) is 5.88 Å². The predicted molar refractivity (Wildman–Crippen MR) is 129 cm³/mol. The Hall–Kier alpha value is -2.93. The van der Waals surface area contributed by atoms with Crippen LogP contribution in [0.3, 0.4) is 0 Å². The van der Waals surface area contributed by atoms with Gasteiger partial charge in [-0.2, -0.15) is 9.61 Å². The molecule has 7 heteroatoms. The molecule has 3 aromatic heterocycles. The number of nitrogens with zero attached hydrogens (tertiary/aromatic N) is 4. The number of hydrogen-bond acceptors (Lipinski definition) is 5. The van der Waals surface area contributed by atoms with Gasteiger partial charge < -0.3 is 10.1 Å². The average molecular weight is 482 g/mol. The SMILES string of the molecule is CC.CC(C)(C)Oc1cccc(CNc2cc(-c3ccccc3)nc3c(Br)cnn23)n1. The summed E-state index contributed by atoms with van der Waals surface area (Å²) in [6, 6.07) is 17.9. The van der Waals surface area contributed by atoms with Crippen LogP contribution < -0.4 is 10.1 Å². The average Bonchev–Trinajstić information content (AvgIpc) is 3.14. The van der Waals surface area contributed by atoms with Gasteiger partial charge in [-0.25, -0.2) is 9.97 Å². The van der Waals surface area contributed by atoms with Gasteiger partial charge >= 0.3 is 0 Å². The summed E-state index contributed by atoms with van der Waals surface area (Å²) < 4.78 is 8.50. The lowest BCUT2D eigenvalue weighted by atomic mass is 10.1. The molecule has 6 nitrogen and oxygen atoms in total. The van der Waals surface area contributed by atoms with Crippen molar-refractivity contribution in [2.45, 2.75) is 46.8 Å². The summed E-state index contributed by atoms with van der Waals surface area (Å²) in [4.78, 5) is 9.35. The van der Waals surface area contributed by atoms with Crippen molar-refractivity contribution >= 4 is 27.4 Å². The molecule has 1 aromatic carbocycles. The van der Waals surface area contributed by atoms with E-state index in [1.807, 2.05) is 89.2 Å². The van der Waals surface area contributed by atoms with Crippen LogP contribution in [0.25, 0.3) is 16.9 Å². The van der Waals surface area contributed by atoms with Crippen molar-refractivity contribution in [2.75, 3.05) is 5.32 Å². The van der Waals surface area contributed by atoms with Crippen LogP contribution in [0, 0.1) is 0 Å². The van der Waals surface area contributed by atoms with Gasteiger partial charge in [0.05, 0.1) is 28.6 Å². The van der Waals surface area contributed by atoms with Crippen molar-refractivity contribution in [1.82, 2.24) is 19.6 Å². The number of hydrogen-bond donors (Lipinski definition) is 1. The maximum Gasteiger partial charge on any atom is 0.214 e. The Morgan fingerprint density at radius 2 is 1.74 bits per heavy atom. The number of benzene rings is 1. The molecule has 162 valence electrons. The van der Waals surface area contributed by atoms with Crippen LogP contribution >= 0.6 is 15.9 Å². The number of anilines is 1. The first kappa shape index (κ1) is 22.7. The number of pyridine rings is 1. The summed E-state index contributed by atoms with van der Waals surface area (Å²) in [5.74, 6) is 1.45. The Bertz CT molecular complexity index is 1140. The second kappa shape index (κ2) is 9.92. The largest absolute Gasteiger partial charge is 0.472 e. The van der Waals surface area contributed by atoms with Crippen molar-refractivity contribution in [3.05, 3.63) is 71.0 Å². The normalized spacial score (nSPS) is 11.0. The third-order valence-corrected chi connectivity index (χ3v) is 4.70. The first-order valence-electron chi connectivity index (χ1n) is 10.4. The van der Waals surface area contributed by atoms with Crippen LogP contribution in [0.2, 0.25) is 0 Å². The molecule has 0 saturated heterocycles. The Morgan fingerprint density at radius 1 is 1.00 bits per heavy atom. The number of aromatic nitrogens is 4. The van der Waals surface area contributed by atoms with Crippen molar-refractivity contribution < 1.29 is 4.74 Å². The van der Waals surface area contributed by atoms with Crippen LogP contribution in [0.4, 0.5) is 5.82 Å². The van der Waals surface area contributed by atoms with Gasteiger partial charge in [-0.1, -0.05) is 50.2 Å². The number of ether oxygens (including phenoxy) is 1. The van der Waals surface area contributed by atoms with Crippen LogP contribution in [-0.2, 0) is 6.54 Å². The summed E-state index contributed by atoms with van der Waals surface area (Å²) in [6.45, 7) is 10.6. The summed E-state index contributed by atoms with van der Waals surface area (Å²) in [7, 11) is 0. The molecule has 0 aliphatic heterocycles. The lowest BCUT2D eigenvalue weighted by Crippen LogP contribution is -2.23. The highest BCUT2D eigenvalue weighted by Crippen LogP contribution is 2.26. The number of nitrogens with one attached hydrogen (secondary N) is 1. The second-order valence-corrected chi connectivity index (χ2v) is 8.51. The van der Waals surface area contributed by atoms with E-state index >= 15 is 0 Å². The molecule has 0 unspecified atom stereocenters. The van der Waals surface area contributed by atoms with E-state index in [-0.39, 0.29) is 5.60 Å². The van der Waals surface area contributed by atoms with Gasteiger partial charge in [0.25, 0.3) is 0 Å². The third kappa shape index (κ3) is 5.82. The van der Waals surface area contributed by atoms with E-state index in [9.17, 15) is 0 Å². The molecule has 0 spiro atoms. The molecule has 0 aliphatic carbocycles. The molecule has 4 aromatic rings. The fourth-order valence-corrected chi connectivity index (χ4v) is 3.27. The minimum atomic E-state index is -0.289. The smallest absolute Gasteiger partial charge is 0.214 e. The third-order valence-electron chi connectivity index (χ3n) is 4.14. The zero-order valence-corrected chi connectivity index (χ0v) is 20.1. The lowest BCUT2D eigenvalue weighted by Gasteiger charge is -2.20. The minimum absolute atomic E-state index is 0.289. The van der Waals surface area contributed by atoms with E-state index in [4.69, 9.17) is 9.72 Å². The fourth-order valence-electron chi connectivity index (χ4n) is 2.93. The molecule has 3 heterocycles. The molecule has 0 bridgehead atoms. The number of halogens is 1. The molecule has 31 heavy (non-hydrogen) atoms. The molecule has 0 amide bonds. The molecule has 0 aliphatic rings. The van der Waals surface area contributed by atoms with Crippen molar-refractivity contribution in [2.24, 2.45) is 0 Å². The van der Waals surface area contributed by atoms with Gasteiger partial charge in [-0.15, -0.1) is 0 Å². The first-order valence-corrected chi connectivity index (χ1v) is 11.2. The summed E-state index contributed by atoms with van der Waals surface area (Å²) in [6.07, 6.45) is 1.75. The monoisotopic (exact) mass is 481 g/mol. The van der Waals surface area contributed by atoms with E-state index < -0.39 is 0 Å². The Morgan fingerprint density at radius 3 is 2.45 bits per heavy atom. The Kier molecular flexibility index (Phi) is 7.28. The minimum Gasteiger partial charge on any atom is -0.472 e. The van der Waals surface area contributed by atoms with Gasteiger partial charge in [0.1, 0.15) is 11.4 Å². The Labute approximate surface area is 191 Å². The van der Waals surface area contributed by atoms with Crippen molar-refractivity contribution in [3.63, 3.8) is 0 Å². The van der Waals surface area contributed by atoms with E-state index in [1.54, 1.807) is 10.7 Å². The standard InChI is InChI=1S/C22H22BrN5O.C2H6/c1-22(2,3)29-20-11-7-10-16(26-20)13-24-19-12-18(15-8-5-4-6-9-15)27-21-17(23)14-25-28(19)21;1-2/h4-12,14,24H,13H2,1-3H3;1-2H3. The number of fused-ring (bicyclic) bond motifs is 1. The first-order chi connectivity index (χ1) is 14.9. The van der Waals surface area contributed by atoms with Gasteiger partial charge in [-0.3, -0.25) is 0 Å². The quantitative estimate of drug-likeness (QED) is 0.358. The molecule has 0 fully saturated rings. The maximum absolute atomic E-state index is 5.87. The molecular weight excluding hydrogens is 454 g/mol. The summed E-state index contributed by atoms with van der Waals surface area (Å²) in [5.41, 5.74) is 3.27. The number of rotatable bonds is 5. The lowest BCUT2D eigenvalue weighted by molar-refractivity contribution is 0.124. The molecule has 0 saturated carbocycles. The molecule has 1 N–H and O–H groups in total. The predicted octanol–water partition coefficient (Wildman–Crippen LogP) is 6.37. The topological polar surface area (TPSA) is 64.3 Å².